The van der Waals surface area contributed by atoms with Crippen molar-refractivity contribution in [2.75, 3.05) is 19.5 Å². The molecule has 0 amide bonds. The number of hydrogen-bond acceptors (Lipinski definition) is 7. The van der Waals surface area contributed by atoms with E-state index >= 15 is 0 Å². The summed E-state index contributed by atoms with van der Waals surface area (Å²) < 4.78 is 9.67. The van der Waals surface area contributed by atoms with Crippen molar-refractivity contribution in [2.24, 2.45) is 0 Å². The van der Waals surface area contributed by atoms with Crippen molar-refractivity contribution in [3.63, 3.8) is 0 Å². The smallest absolute Gasteiger partial charge is 0.357 e. The fraction of sp³-hybridized carbons (Fsp3) is 0.308. The van der Waals surface area contributed by atoms with Crippen LogP contribution in [0.4, 0.5) is 5.13 Å². The third-order valence-corrected chi connectivity index (χ3v) is 3.55. The van der Waals surface area contributed by atoms with Gasteiger partial charge in [-0.15, -0.1) is 11.3 Å². The molecule has 0 saturated carbocycles. The van der Waals surface area contributed by atoms with Crippen LogP contribution >= 0.6 is 11.3 Å². The highest BCUT2D eigenvalue weighted by Crippen LogP contribution is 2.23. The first-order valence-electron chi connectivity index (χ1n) is 5.92. The highest BCUT2D eigenvalue weighted by atomic mass is 32.1. The van der Waals surface area contributed by atoms with Crippen LogP contribution in [0.1, 0.15) is 20.9 Å². The van der Waals surface area contributed by atoms with E-state index in [2.05, 4.69) is 20.0 Å². The maximum absolute atomic E-state index is 11.5. The van der Waals surface area contributed by atoms with Gasteiger partial charge in [-0.3, -0.25) is 0 Å². The molecular weight excluding hydrogens is 278 g/mol. The molecule has 20 heavy (non-hydrogen) atoms. The second kappa shape index (κ2) is 6.33. The van der Waals surface area contributed by atoms with Crippen LogP contribution in [-0.2, 0) is 11.3 Å². The fourth-order valence-corrected chi connectivity index (χ4v) is 2.37. The molecule has 0 saturated heterocycles. The van der Waals surface area contributed by atoms with E-state index in [1.54, 1.807) is 19.4 Å². The Balaban J connectivity index is 2.01. The maximum Gasteiger partial charge on any atom is 0.357 e. The predicted octanol–water partition coefficient (Wildman–Crippen LogP) is 2.25. The van der Waals surface area contributed by atoms with E-state index in [0.717, 1.165) is 10.4 Å². The van der Waals surface area contributed by atoms with Crippen molar-refractivity contribution < 1.29 is 14.3 Å². The number of carbonyl (C=O) groups is 1. The Morgan fingerprint density at radius 3 is 2.80 bits per heavy atom. The van der Waals surface area contributed by atoms with E-state index in [9.17, 15) is 4.79 Å². The average Bonchev–Trinajstić information content (AvgIpc) is 2.86. The van der Waals surface area contributed by atoms with E-state index in [1.807, 2.05) is 13.0 Å². The van der Waals surface area contributed by atoms with Gasteiger partial charge >= 0.3 is 5.97 Å². The van der Waals surface area contributed by atoms with Crippen LogP contribution in [0.15, 0.2) is 18.3 Å². The number of carbonyl (C=O) groups excluding carboxylic acids is 1. The van der Waals surface area contributed by atoms with Gasteiger partial charge in [-0.1, -0.05) is 6.07 Å². The summed E-state index contributed by atoms with van der Waals surface area (Å²) in [5, 5.41) is 3.84. The Hall–Kier alpha value is -2.15. The number of ether oxygens (including phenoxy) is 2. The van der Waals surface area contributed by atoms with E-state index in [-0.39, 0.29) is 0 Å². The summed E-state index contributed by atoms with van der Waals surface area (Å²) in [6.07, 6.45) is 1.73. The van der Waals surface area contributed by atoms with Crippen LogP contribution in [-0.4, -0.2) is 30.2 Å². The highest BCUT2D eigenvalue weighted by molar-refractivity contribution is 7.15. The summed E-state index contributed by atoms with van der Waals surface area (Å²) in [5.41, 5.74) is 1.35. The number of thiazole rings is 1. The van der Waals surface area contributed by atoms with E-state index in [1.165, 1.54) is 18.4 Å². The molecule has 0 radical (unpaired) electrons. The van der Waals surface area contributed by atoms with Crippen molar-refractivity contribution in [3.05, 3.63) is 34.5 Å². The number of hydrogen-bond donors (Lipinski definition) is 1. The first kappa shape index (κ1) is 14.3. The molecule has 0 spiro atoms. The minimum Gasteiger partial charge on any atom is -0.481 e. The molecule has 6 nitrogen and oxygen atoms in total. The van der Waals surface area contributed by atoms with Gasteiger partial charge in [0.1, 0.15) is 0 Å². The Bertz CT molecular complexity index is 595. The lowest BCUT2D eigenvalue weighted by Crippen LogP contribution is -2.04. The number of pyridine rings is 1. The summed E-state index contributed by atoms with van der Waals surface area (Å²) in [6.45, 7) is 2.41. The number of anilines is 1. The standard InChI is InChI=1S/C13H15N3O3S/c1-8-11(12(17)19-3)16-13(20-8)15-7-9-4-5-10(18-2)14-6-9/h4-6H,7H2,1-3H3,(H,15,16). The molecule has 7 heteroatoms. The van der Waals surface area contributed by atoms with Crippen LogP contribution in [0, 0.1) is 6.92 Å². The number of aromatic nitrogens is 2. The molecule has 2 heterocycles. The molecule has 0 aliphatic carbocycles. The van der Waals surface area contributed by atoms with Crippen LogP contribution in [0.25, 0.3) is 0 Å². The third kappa shape index (κ3) is 3.24. The zero-order valence-corrected chi connectivity index (χ0v) is 12.3. The van der Waals surface area contributed by atoms with Gasteiger partial charge in [-0.2, -0.15) is 0 Å². The van der Waals surface area contributed by atoms with Gasteiger partial charge in [0.15, 0.2) is 10.8 Å². The first-order chi connectivity index (χ1) is 9.63. The molecule has 2 aromatic rings. The minimum absolute atomic E-state index is 0.354. The van der Waals surface area contributed by atoms with Crippen molar-refractivity contribution in [2.45, 2.75) is 13.5 Å². The molecule has 2 rings (SSSR count). The lowest BCUT2D eigenvalue weighted by molar-refractivity contribution is 0.0594. The molecule has 0 atom stereocenters. The number of esters is 1. The van der Waals surface area contributed by atoms with E-state index < -0.39 is 5.97 Å². The van der Waals surface area contributed by atoms with Gasteiger partial charge in [-0.05, 0) is 12.5 Å². The molecule has 0 unspecified atom stereocenters. The largest absolute Gasteiger partial charge is 0.481 e. The molecule has 0 fully saturated rings. The quantitative estimate of drug-likeness (QED) is 0.852. The highest BCUT2D eigenvalue weighted by Gasteiger charge is 2.15. The van der Waals surface area contributed by atoms with Crippen molar-refractivity contribution >= 4 is 22.4 Å². The van der Waals surface area contributed by atoms with Gasteiger partial charge in [-0.25, -0.2) is 14.8 Å². The second-order valence-corrected chi connectivity index (χ2v) is 5.18. The van der Waals surface area contributed by atoms with Crippen molar-refractivity contribution in [1.82, 2.24) is 9.97 Å². The van der Waals surface area contributed by atoms with Crippen LogP contribution in [0.2, 0.25) is 0 Å². The summed E-state index contributed by atoms with van der Waals surface area (Å²) in [7, 11) is 2.92. The number of rotatable bonds is 5. The molecule has 1 N–H and O–H groups in total. The third-order valence-electron chi connectivity index (χ3n) is 2.63. The first-order valence-corrected chi connectivity index (χ1v) is 6.74. The fourth-order valence-electron chi connectivity index (χ4n) is 1.57. The summed E-state index contributed by atoms with van der Waals surface area (Å²) in [5.74, 6) is 0.157. The summed E-state index contributed by atoms with van der Waals surface area (Å²) in [4.78, 5) is 20.6. The Morgan fingerprint density at radius 1 is 1.40 bits per heavy atom. The number of aryl methyl sites for hydroxylation is 1. The molecule has 0 aromatic carbocycles. The number of nitrogens with zero attached hydrogens (tertiary/aromatic N) is 2. The molecule has 0 bridgehead atoms. The van der Waals surface area contributed by atoms with E-state index in [0.29, 0.717) is 23.3 Å². The van der Waals surface area contributed by atoms with E-state index in [4.69, 9.17) is 4.74 Å². The van der Waals surface area contributed by atoms with Crippen molar-refractivity contribution in [1.29, 1.82) is 0 Å². The Morgan fingerprint density at radius 2 is 2.20 bits per heavy atom. The van der Waals surface area contributed by atoms with Gasteiger partial charge in [0, 0.05) is 23.7 Å². The van der Waals surface area contributed by atoms with Crippen molar-refractivity contribution in [3.8, 4) is 5.88 Å². The lowest BCUT2D eigenvalue weighted by Gasteiger charge is -2.03. The zero-order chi connectivity index (χ0) is 14.5. The SMILES string of the molecule is COC(=O)c1nc(NCc2ccc(OC)nc2)sc1C. The second-order valence-electron chi connectivity index (χ2n) is 3.98. The number of methoxy groups -OCH3 is 2. The molecular formula is C13H15N3O3S. The summed E-state index contributed by atoms with van der Waals surface area (Å²) in [6, 6.07) is 3.71. The monoisotopic (exact) mass is 293 g/mol. The molecule has 0 aliphatic rings. The maximum atomic E-state index is 11.5. The van der Waals surface area contributed by atoms with Crippen LogP contribution < -0.4 is 10.1 Å². The average molecular weight is 293 g/mol. The van der Waals surface area contributed by atoms with Crippen LogP contribution in [0.3, 0.4) is 0 Å². The van der Waals surface area contributed by atoms with Crippen LogP contribution in [0.5, 0.6) is 5.88 Å². The number of nitrogens with one attached hydrogen (secondary N) is 1. The molecule has 0 aliphatic heterocycles. The Kier molecular flexibility index (Phi) is 4.52. The predicted molar refractivity (Wildman–Crippen MR) is 76.3 cm³/mol. The summed E-state index contributed by atoms with van der Waals surface area (Å²) >= 11 is 1.42. The van der Waals surface area contributed by atoms with Gasteiger partial charge in [0.2, 0.25) is 5.88 Å². The van der Waals surface area contributed by atoms with Gasteiger partial charge < -0.3 is 14.8 Å². The molecule has 2 aromatic heterocycles. The Labute approximate surface area is 120 Å². The minimum atomic E-state index is -0.419. The lowest BCUT2D eigenvalue weighted by atomic mass is 10.3. The van der Waals surface area contributed by atoms with Gasteiger partial charge in [0.25, 0.3) is 0 Å². The molecule has 106 valence electrons. The topological polar surface area (TPSA) is 73.3 Å². The van der Waals surface area contributed by atoms with Gasteiger partial charge in [0.05, 0.1) is 14.2 Å². The normalized spacial score (nSPS) is 10.2. The zero-order valence-electron chi connectivity index (χ0n) is 11.5.